The van der Waals surface area contributed by atoms with E-state index in [4.69, 9.17) is 26.2 Å². The van der Waals surface area contributed by atoms with Crippen LogP contribution < -0.4 is 10.1 Å². The number of fused-ring (bicyclic) bond motifs is 1. The number of anilines is 2. The van der Waals surface area contributed by atoms with E-state index in [-0.39, 0.29) is 25.1 Å². The number of nitrogens with one attached hydrogen (secondary N) is 1. The van der Waals surface area contributed by atoms with E-state index >= 15 is 0 Å². The maximum absolute atomic E-state index is 13.4. The second-order valence-electron chi connectivity index (χ2n) is 8.44. The highest BCUT2D eigenvalue weighted by atomic mass is 35.5. The highest BCUT2D eigenvalue weighted by Gasteiger charge is 2.19. The molecule has 7 nitrogen and oxygen atoms in total. The molecule has 5 rings (SSSR count). The molecule has 2 N–H and O–H groups in total. The van der Waals surface area contributed by atoms with Crippen molar-refractivity contribution in [2.24, 2.45) is 4.99 Å². The van der Waals surface area contributed by atoms with E-state index in [0.29, 0.717) is 41.9 Å². The number of aliphatic hydroxyl groups is 1. The zero-order valence-corrected chi connectivity index (χ0v) is 20.1. The molecule has 1 aliphatic rings. The molecule has 9 heteroatoms. The van der Waals surface area contributed by atoms with Gasteiger partial charge in [0, 0.05) is 24.1 Å². The molecule has 4 aromatic rings. The molecule has 0 spiro atoms. The van der Waals surface area contributed by atoms with Crippen molar-refractivity contribution in [1.82, 2.24) is 9.97 Å². The van der Waals surface area contributed by atoms with Crippen LogP contribution in [0.25, 0.3) is 10.9 Å². The Morgan fingerprint density at radius 3 is 2.83 bits per heavy atom. The molecule has 1 atom stereocenters. The third-order valence-electron chi connectivity index (χ3n) is 5.76. The number of benzene rings is 3. The van der Waals surface area contributed by atoms with Crippen LogP contribution in [0.15, 0.2) is 72.0 Å². The summed E-state index contributed by atoms with van der Waals surface area (Å²) < 4.78 is 24.8. The number of halogens is 2. The monoisotopic (exact) mass is 506 g/mol. The van der Waals surface area contributed by atoms with Gasteiger partial charge in [0.1, 0.15) is 36.9 Å². The first-order valence-corrected chi connectivity index (χ1v) is 11.9. The second-order valence-corrected chi connectivity index (χ2v) is 8.85. The molecule has 184 valence electrons. The quantitative estimate of drug-likeness (QED) is 0.313. The summed E-state index contributed by atoms with van der Waals surface area (Å²) >= 11 is 6.45. The van der Waals surface area contributed by atoms with Crippen LogP contribution in [0.4, 0.5) is 15.9 Å². The number of aromatic nitrogens is 2. The minimum atomic E-state index is -0.309. The topological polar surface area (TPSA) is 88.9 Å². The van der Waals surface area contributed by atoms with Crippen LogP contribution in [0.3, 0.4) is 0 Å². The number of aliphatic imine (C=N–C) groups is 1. The number of hydrogen-bond acceptors (Lipinski definition) is 7. The lowest BCUT2D eigenvalue weighted by Gasteiger charge is -2.12. The van der Waals surface area contributed by atoms with Gasteiger partial charge in [0.25, 0.3) is 0 Å². The van der Waals surface area contributed by atoms with E-state index < -0.39 is 0 Å². The minimum Gasteiger partial charge on any atom is -0.487 e. The van der Waals surface area contributed by atoms with Gasteiger partial charge in [0.2, 0.25) is 0 Å². The summed E-state index contributed by atoms with van der Waals surface area (Å²) in [4.78, 5) is 13.3. The van der Waals surface area contributed by atoms with E-state index in [0.717, 1.165) is 27.7 Å². The molecule has 1 aliphatic heterocycles. The fourth-order valence-electron chi connectivity index (χ4n) is 3.97. The van der Waals surface area contributed by atoms with Crippen LogP contribution in [0.5, 0.6) is 5.75 Å². The van der Waals surface area contributed by atoms with Crippen molar-refractivity contribution in [3.8, 4) is 5.75 Å². The Morgan fingerprint density at radius 2 is 2.00 bits per heavy atom. The first kappa shape index (κ1) is 24.0. The maximum atomic E-state index is 13.4. The third-order valence-corrected chi connectivity index (χ3v) is 6.06. The molecule has 0 amide bonds. The fraction of sp³-hybridized carbons (Fsp3) is 0.222. The summed E-state index contributed by atoms with van der Waals surface area (Å²) in [6, 6.07) is 17.6. The summed E-state index contributed by atoms with van der Waals surface area (Å²) in [6.45, 7) is 0.804. The average Bonchev–Trinajstić information content (AvgIpc) is 3.31. The van der Waals surface area contributed by atoms with Gasteiger partial charge in [-0.05, 0) is 60.0 Å². The molecule has 0 bridgehead atoms. The van der Waals surface area contributed by atoms with E-state index in [9.17, 15) is 4.39 Å². The predicted molar refractivity (Wildman–Crippen MR) is 138 cm³/mol. The lowest BCUT2D eigenvalue weighted by atomic mass is 10.1. The second kappa shape index (κ2) is 10.9. The third kappa shape index (κ3) is 5.72. The van der Waals surface area contributed by atoms with Gasteiger partial charge in [-0.2, -0.15) is 0 Å². The van der Waals surface area contributed by atoms with Gasteiger partial charge < -0.3 is 19.9 Å². The van der Waals surface area contributed by atoms with Crippen molar-refractivity contribution in [3.05, 3.63) is 89.0 Å². The Hall–Kier alpha value is -3.75. The van der Waals surface area contributed by atoms with Crippen LogP contribution in [-0.4, -0.2) is 40.2 Å². The molecule has 2 heterocycles. The van der Waals surface area contributed by atoms with Crippen molar-refractivity contribution in [2.45, 2.75) is 25.5 Å². The predicted octanol–water partition coefficient (Wildman–Crippen LogP) is 5.47. The van der Waals surface area contributed by atoms with Crippen molar-refractivity contribution >= 4 is 39.9 Å². The van der Waals surface area contributed by atoms with Crippen LogP contribution in [0.2, 0.25) is 5.02 Å². The summed E-state index contributed by atoms with van der Waals surface area (Å²) in [5.74, 6) is 1.49. The number of nitrogens with zero attached hydrogens (tertiary/aromatic N) is 3. The SMILES string of the molecule is OCCC1COC(Cc2ccc3ncnc(Nc4ccc(OCc5cccc(F)c5)c(Cl)c4)c3c2)=N1. The van der Waals surface area contributed by atoms with Gasteiger partial charge >= 0.3 is 0 Å². The fourth-order valence-corrected chi connectivity index (χ4v) is 4.21. The van der Waals surface area contributed by atoms with E-state index in [2.05, 4.69) is 20.3 Å². The van der Waals surface area contributed by atoms with Crippen molar-refractivity contribution in [2.75, 3.05) is 18.5 Å². The lowest BCUT2D eigenvalue weighted by Crippen LogP contribution is -2.08. The van der Waals surface area contributed by atoms with Gasteiger partial charge in [-0.15, -0.1) is 0 Å². The number of ether oxygens (including phenoxy) is 2. The summed E-state index contributed by atoms with van der Waals surface area (Å²) in [5.41, 5.74) is 3.26. The van der Waals surface area contributed by atoms with Crippen molar-refractivity contribution in [1.29, 1.82) is 0 Å². The zero-order chi connectivity index (χ0) is 24.9. The molecular weight excluding hydrogens is 483 g/mol. The first-order valence-electron chi connectivity index (χ1n) is 11.5. The largest absolute Gasteiger partial charge is 0.487 e. The highest BCUT2D eigenvalue weighted by molar-refractivity contribution is 6.32. The molecule has 0 radical (unpaired) electrons. The van der Waals surface area contributed by atoms with Crippen LogP contribution in [0.1, 0.15) is 17.5 Å². The standard InChI is InChI=1S/C27H24ClFN4O3/c28-23-13-20(5-7-25(23)35-14-18-2-1-3-19(29)10-18)33-27-22-11-17(4-6-24(22)30-16-31-27)12-26-32-21(8-9-34)15-36-26/h1-7,10-11,13,16,21,34H,8-9,12,14-15H2,(H,30,31,33). The Labute approximate surface area is 212 Å². The Balaban J connectivity index is 1.31. The van der Waals surface area contributed by atoms with Gasteiger partial charge in [0.15, 0.2) is 5.90 Å². The average molecular weight is 507 g/mol. The van der Waals surface area contributed by atoms with E-state index in [1.807, 2.05) is 24.3 Å². The zero-order valence-electron chi connectivity index (χ0n) is 19.3. The van der Waals surface area contributed by atoms with Gasteiger partial charge in [-0.3, -0.25) is 0 Å². The van der Waals surface area contributed by atoms with E-state index in [1.54, 1.807) is 24.3 Å². The number of aliphatic hydroxyl groups excluding tert-OH is 1. The van der Waals surface area contributed by atoms with Gasteiger partial charge in [0.05, 0.1) is 16.6 Å². The normalized spacial score (nSPS) is 15.0. The number of rotatable bonds is 9. The summed E-state index contributed by atoms with van der Waals surface area (Å²) in [5, 5.41) is 13.7. The number of hydrogen-bond donors (Lipinski definition) is 2. The van der Waals surface area contributed by atoms with Crippen LogP contribution in [-0.2, 0) is 17.8 Å². The summed E-state index contributed by atoms with van der Waals surface area (Å²) in [6.07, 6.45) is 2.65. The van der Waals surface area contributed by atoms with Crippen molar-refractivity contribution in [3.63, 3.8) is 0 Å². The molecule has 3 aromatic carbocycles. The first-order chi connectivity index (χ1) is 17.6. The highest BCUT2D eigenvalue weighted by Crippen LogP contribution is 2.31. The molecule has 0 aliphatic carbocycles. The molecular formula is C27H24ClFN4O3. The molecule has 0 saturated heterocycles. The smallest absolute Gasteiger partial charge is 0.188 e. The van der Waals surface area contributed by atoms with Crippen LogP contribution in [0, 0.1) is 5.82 Å². The Morgan fingerprint density at radius 1 is 1.08 bits per heavy atom. The Kier molecular flexibility index (Phi) is 7.25. The van der Waals surface area contributed by atoms with Crippen LogP contribution >= 0.6 is 11.6 Å². The molecule has 1 unspecified atom stereocenters. The van der Waals surface area contributed by atoms with E-state index in [1.165, 1.54) is 18.5 Å². The molecule has 1 aromatic heterocycles. The van der Waals surface area contributed by atoms with Crippen molar-refractivity contribution < 1.29 is 19.0 Å². The molecule has 0 fully saturated rings. The molecule has 0 saturated carbocycles. The lowest BCUT2D eigenvalue weighted by molar-refractivity contribution is 0.249. The molecule has 36 heavy (non-hydrogen) atoms. The minimum absolute atomic E-state index is 0.0107. The summed E-state index contributed by atoms with van der Waals surface area (Å²) in [7, 11) is 0. The Bertz CT molecular complexity index is 1420. The van der Waals surface area contributed by atoms with Gasteiger partial charge in [-0.25, -0.2) is 19.4 Å². The maximum Gasteiger partial charge on any atom is 0.188 e. The van der Waals surface area contributed by atoms with Gasteiger partial charge in [-0.1, -0.05) is 29.8 Å².